The molecule has 0 unspecified atom stereocenters. The number of methoxy groups -OCH3 is 2. The van der Waals surface area contributed by atoms with Crippen molar-refractivity contribution in [3.05, 3.63) is 58.4 Å². The predicted octanol–water partition coefficient (Wildman–Crippen LogP) is 3.49. The van der Waals surface area contributed by atoms with Crippen molar-refractivity contribution < 1.29 is 13.9 Å². The van der Waals surface area contributed by atoms with Crippen LogP contribution in [0.1, 0.15) is 22.3 Å². The van der Waals surface area contributed by atoms with Crippen molar-refractivity contribution in [3.63, 3.8) is 0 Å². The number of fused-ring (bicyclic) bond motifs is 1. The van der Waals surface area contributed by atoms with Gasteiger partial charge in [-0.3, -0.25) is 9.89 Å². The van der Waals surface area contributed by atoms with Gasteiger partial charge in [0, 0.05) is 39.8 Å². The van der Waals surface area contributed by atoms with Gasteiger partial charge in [0.1, 0.15) is 5.82 Å². The minimum Gasteiger partial charge on any atom is -0.493 e. The van der Waals surface area contributed by atoms with Crippen LogP contribution in [-0.4, -0.2) is 51.8 Å². The monoisotopic (exact) mass is 542 g/mol. The van der Waals surface area contributed by atoms with Crippen LogP contribution in [0.2, 0.25) is 0 Å². The summed E-state index contributed by atoms with van der Waals surface area (Å²) in [6, 6.07) is 9.44. The Hall–Kier alpha value is -2.07. The van der Waals surface area contributed by atoms with Crippen molar-refractivity contribution in [2.45, 2.75) is 26.4 Å². The second-order valence-electron chi connectivity index (χ2n) is 7.44. The summed E-state index contributed by atoms with van der Waals surface area (Å²) in [6.45, 7) is 5.83. The molecule has 0 saturated carbocycles. The van der Waals surface area contributed by atoms with Crippen LogP contribution >= 0.6 is 24.0 Å². The fourth-order valence-corrected chi connectivity index (χ4v) is 3.62. The molecule has 1 aliphatic rings. The Morgan fingerprint density at radius 1 is 1.10 bits per heavy atom. The van der Waals surface area contributed by atoms with E-state index in [4.69, 9.17) is 9.47 Å². The molecule has 0 aromatic heterocycles. The molecule has 8 heteroatoms. The Bertz CT molecular complexity index is 907. The van der Waals surface area contributed by atoms with E-state index in [9.17, 15) is 4.39 Å². The fourth-order valence-electron chi connectivity index (χ4n) is 3.62. The number of halogens is 2. The molecule has 2 aromatic rings. The molecule has 1 heterocycles. The summed E-state index contributed by atoms with van der Waals surface area (Å²) in [6.07, 6.45) is 0.988. The molecular weight excluding hydrogens is 510 g/mol. The zero-order chi connectivity index (χ0) is 21.5. The van der Waals surface area contributed by atoms with Crippen molar-refractivity contribution in [2.75, 3.05) is 40.9 Å². The maximum atomic E-state index is 13.7. The van der Waals surface area contributed by atoms with Gasteiger partial charge in [-0.05, 0) is 53.8 Å². The van der Waals surface area contributed by atoms with Crippen LogP contribution < -0.4 is 20.1 Å². The first-order valence-corrected chi connectivity index (χ1v) is 10.2. The Morgan fingerprint density at radius 2 is 1.81 bits per heavy atom. The lowest BCUT2D eigenvalue weighted by Gasteiger charge is -2.29. The quantitative estimate of drug-likeness (QED) is 0.319. The third kappa shape index (κ3) is 6.70. The van der Waals surface area contributed by atoms with Gasteiger partial charge in [0.2, 0.25) is 0 Å². The van der Waals surface area contributed by atoms with Crippen LogP contribution in [-0.2, 0) is 19.5 Å². The maximum Gasteiger partial charge on any atom is 0.191 e. The molecule has 0 fully saturated rings. The highest BCUT2D eigenvalue weighted by molar-refractivity contribution is 14.0. The molecule has 0 spiro atoms. The number of hydrogen-bond acceptors (Lipinski definition) is 4. The number of benzene rings is 2. The first-order chi connectivity index (χ1) is 14.5. The molecule has 2 aromatic carbocycles. The zero-order valence-electron chi connectivity index (χ0n) is 18.6. The van der Waals surface area contributed by atoms with E-state index in [1.54, 1.807) is 40.3 Å². The van der Waals surface area contributed by atoms with Crippen LogP contribution in [0.25, 0.3) is 0 Å². The van der Waals surface area contributed by atoms with E-state index in [0.717, 1.165) is 49.7 Å². The second kappa shape index (κ2) is 12.1. The van der Waals surface area contributed by atoms with Gasteiger partial charge in [0.05, 0.1) is 14.2 Å². The van der Waals surface area contributed by atoms with Crippen LogP contribution in [0, 0.1) is 12.7 Å². The van der Waals surface area contributed by atoms with Gasteiger partial charge in [-0.1, -0.05) is 12.1 Å². The summed E-state index contributed by atoms with van der Waals surface area (Å²) in [4.78, 5) is 6.66. The molecule has 1 aliphatic heterocycles. The highest BCUT2D eigenvalue weighted by Gasteiger charge is 2.19. The summed E-state index contributed by atoms with van der Waals surface area (Å²) >= 11 is 0. The van der Waals surface area contributed by atoms with E-state index >= 15 is 0 Å². The van der Waals surface area contributed by atoms with Crippen molar-refractivity contribution in [2.24, 2.45) is 4.99 Å². The first-order valence-electron chi connectivity index (χ1n) is 10.2. The van der Waals surface area contributed by atoms with Gasteiger partial charge in [0.15, 0.2) is 17.5 Å². The van der Waals surface area contributed by atoms with Gasteiger partial charge >= 0.3 is 0 Å². The number of nitrogens with one attached hydrogen (secondary N) is 2. The van der Waals surface area contributed by atoms with Crippen LogP contribution in [0.4, 0.5) is 4.39 Å². The summed E-state index contributed by atoms with van der Waals surface area (Å²) in [7, 11) is 5.07. The molecule has 2 N–H and O–H groups in total. The summed E-state index contributed by atoms with van der Waals surface area (Å²) < 4.78 is 24.5. The smallest absolute Gasteiger partial charge is 0.191 e. The SMILES string of the molecule is CN=C(NCCN1CCc2cc(OC)c(OC)cc2C1)NCc1ccc(C)c(F)c1.I. The van der Waals surface area contributed by atoms with Gasteiger partial charge in [0.25, 0.3) is 0 Å². The number of rotatable bonds is 7. The molecule has 0 saturated heterocycles. The van der Waals surface area contributed by atoms with E-state index in [-0.39, 0.29) is 29.8 Å². The molecule has 0 amide bonds. The van der Waals surface area contributed by atoms with Crippen molar-refractivity contribution in [1.82, 2.24) is 15.5 Å². The van der Waals surface area contributed by atoms with Crippen LogP contribution in [0.15, 0.2) is 35.3 Å². The average Bonchev–Trinajstić information content (AvgIpc) is 2.77. The van der Waals surface area contributed by atoms with E-state index in [2.05, 4.69) is 32.7 Å². The third-order valence-corrected chi connectivity index (χ3v) is 5.44. The van der Waals surface area contributed by atoms with Crippen LogP contribution in [0.5, 0.6) is 11.5 Å². The lowest BCUT2D eigenvalue weighted by atomic mass is 9.99. The number of ether oxygens (including phenoxy) is 2. The molecule has 0 radical (unpaired) electrons. The first kappa shape index (κ1) is 25.2. The van der Waals surface area contributed by atoms with Gasteiger partial charge in [-0.25, -0.2) is 4.39 Å². The minimum absolute atomic E-state index is 0. The van der Waals surface area contributed by atoms with Gasteiger partial charge < -0.3 is 20.1 Å². The number of guanidine groups is 1. The van der Waals surface area contributed by atoms with E-state index in [1.165, 1.54) is 11.1 Å². The minimum atomic E-state index is -0.183. The normalized spacial score (nSPS) is 13.8. The summed E-state index contributed by atoms with van der Waals surface area (Å²) in [5.41, 5.74) is 4.14. The van der Waals surface area contributed by atoms with E-state index < -0.39 is 0 Å². The van der Waals surface area contributed by atoms with Crippen molar-refractivity contribution in [1.29, 1.82) is 0 Å². The lowest BCUT2D eigenvalue weighted by molar-refractivity contribution is 0.256. The number of aliphatic imine (C=N–C) groups is 1. The molecular formula is C23H32FIN4O2. The Labute approximate surface area is 201 Å². The number of hydrogen-bond donors (Lipinski definition) is 2. The molecule has 31 heavy (non-hydrogen) atoms. The summed E-state index contributed by atoms with van der Waals surface area (Å²) in [5, 5.41) is 6.57. The van der Waals surface area contributed by atoms with E-state index in [1.807, 2.05) is 6.07 Å². The topological polar surface area (TPSA) is 58.1 Å². The number of aryl methyl sites for hydroxylation is 1. The Morgan fingerprint density at radius 3 is 2.45 bits per heavy atom. The van der Waals surface area contributed by atoms with E-state index in [0.29, 0.717) is 18.1 Å². The molecule has 0 atom stereocenters. The average molecular weight is 542 g/mol. The second-order valence-corrected chi connectivity index (χ2v) is 7.44. The predicted molar refractivity (Wildman–Crippen MR) is 133 cm³/mol. The van der Waals surface area contributed by atoms with Gasteiger partial charge in [-0.15, -0.1) is 24.0 Å². The Balaban J connectivity index is 0.00000341. The highest BCUT2D eigenvalue weighted by atomic mass is 127. The fraction of sp³-hybridized carbons (Fsp3) is 0.435. The molecule has 6 nitrogen and oxygen atoms in total. The van der Waals surface area contributed by atoms with Gasteiger partial charge in [-0.2, -0.15) is 0 Å². The molecule has 3 rings (SSSR count). The van der Waals surface area contributed by atoms with Crippen molar-refractivity contribution >= 4 is 29.9 Å². The lowest BCUT2D eigenvalue weighted by Crippen LogP contribution is -2.42. The molecule has 170 valence electrons. The maximum absolute atomic E-state index is 13.7. The van der Waals surface area contributed by atoms with Crippen molar-refractivity contribution in [3.8, 4) is 11.5 Å². The zero-order valence-corrected chi connectivity index (χ0v) is 21.0. The van der Waals surface area contributed by atoms with Crippen LogP contribution in [0.3, 0.4) is 0 Å². The Kier molecular flexibility index (Phi) is 9.83. The third-order valence-electron chi connectivity index (χ3n) is 5.44. The standard InChI is InChI=1S/C23H31FN4O2.HI/c1-16-5-6-17(11-20(16)24)14-27-23(25-2)26-8-10-28-9-7-18-12-21(29-3)22(30-4)13-19(18)15-28;/h5-6,11-13H,7-10,14-15H2,1-4H3,(H2,25,26,27);1H. The largest absolute Gasteiger partial charge is 0.493 e. The molecule has 0 bridgehead atoms. The highest BCUT2D eigenvalue weighted by Crippen LogP contribution is 2.33. The molecule has 0 aliphatic carbocycles. The number of nitrogens with zero attached hydrogens (tertiary/aromatic N) is 2. The summed E-state index contributed by atoms with van der Waals surface area (Å²) in [5.74, 6) is 2.08.